The van der Waals surface area contributed by atoms with Gasteiger partial charge in [-0.25, -0.2) is 0 Å². The van der Waals surface area contributed by atoms with Crippen LogP contribution in [-0.4, -0.2) is 120 Å². The molecule has 6 atom stereocenters. The number of benzene rings is 8. The van der Waals surface area contributed by atoms with E-state index in [9.17, 15) is 20.4 Å². The van der Waals surface area contributed by atoms with Crippen LogP contribution in [0.3, 0.4) is 0 Å². The summed E-state index contributed by atoms with van der Waals surface area (Å²) in [5.74, 6) is 3.21. The summed E-state index contributed by atoms with van der Waals surface area (Å²) in [4.78, 5) is 3.97. The van der Waals surface area contributed by atoms with Gasteiger partial charge >= 0.3 is 0 Å². The predicted molar refractivity (Wildman–Crippen MR) is 318 cm³/mol. The third kappa shape index (κ3) is 17.1. The third-order valence-corrected chi connectivity index (χ3v) is 18.6. The molecule has 438 valence electrons. The molecule has 6 unspecified atom stereocenters. The van der Waals surface area contributed by atoms with Crippen molar-refractivity contribution < 1.29 is 138 Å². The van der Waals surface area contributed by atoms with Crippen molar-refractivity contribution >= 4 is 36.7 Å². The summed E-state index contributed by atoms with van der Waals surface area (Å²) in [6, 6.07) is 60.3. The molecule has 0 aromatic heterocycles. The normalized spacial score (nSPS) is 18.6. The molecule has 6 N–H and O–H groups in total. The number of epoxide rings is 2. The zero-order valence-corrected chi connectivity index (χ0v) is 54.0. The van der Waals surface area contributed by atoms with Crippen LogP contribution in [0, 0.1) is 0 Å². The first-order chi connectivity index (χ1) is 40.5. The number of aliphatic hydroxyl groups excluding tert-OH is 6. The van der Waals surface area contributed by atoms with Crippen molar-refractivity contribution in [3.63, 3.8) is 0 Å². The van der Waals surface area contributed by atoms with Gasteiger partial charge in [0, 0.05) is 112 Å². The number of nitrogens with zero attached hydrogens (tertiary/aromatic N) is 2. The van der Waals surface area contributed by atoms with Gasteiger partial charge in [0.05, 0.1) is 50.3 Å². The van der Waals surface area contributed by atoms with E-state index in [-0.39, 0.29) is 130 Å². The molecule has 4 heterocycles. The number of hydrogen-bond donors (Lipinski definition) is 6. The molecule has 8 aromatic carbocycles. The number of aliphatic hydroxyl groups is 6. The van der Waals surface area contributed by atoms with E-state index in [0.29, 0.717) is 45.1 Å². The van der Waals surface area contributed by atoms with Gasteiger partial charge < -0.3 is 73.2 Å². The quantitative estimate of drug-likeness (QED) is 0.0275. The molecule has 0 spiro atoms. The Bertz CT molecular complexity index is 3310. The molecule has 4 aliphatic heterocycles. The minimum atomic E-state index is -3.58. The summed E-state index contributed by atoms with van der Waals surface area (Å²) in [6.45, 7) is 1.33. The van der Waals surface area contributed by atoms with Gasteiger partial charge in [-0.15, -0.1) is 0 Å². The van der Waals surface area contributed by atoms with Crippen molar-refractivity contribution in [3.8, 4) is 56.8 Å². The fraction of sp³-hybridized carbons (Fsp3) is 0.250. The molecule has 0 aliphatic carbocycles. The van der Waals surface area contributed by atoms with Crippen LogP contribution in [0.4, 0.5) is 11.4 Å². The molecule has 2 saturated heterocycles. The molecule has 8 aromatic rings. The molecule has 0 amide bonds. The van der Waals surface area contributed by atoms with E-state index in [2.05, 4.69) is 9.47 Å². The van der Waals surface area contributed by atoms with E-state index in [0.717, 1.165) is 58.0 Å². The second-order valence-electron chi connectivity index (χ2n) is 20.1. The van der Waals surface area contributed by atoms with Gasteiger partial charge in [0.2, 0.25) is 0 Å². The Morgan fingerprint density at radius 3 is 1.15 bits per heavy atom. The van der Waals surface area contributed by atoms with Crippen molar-refractivity contribution in [2.45, 2.75) is 37.5 Å². The van der Waals surface area contributed by atoms with Crippen LogP contribution < -0.4 is 43.7 Å². The van der Waals surface area contributed by atoms with Crippen LogP contribution in [0.1, 0.15) is 11.1 Å². The summed E-state index contributed by atoms with van der Waals surface area (Å²) in [7, 11) is -7.16. The first-order valence-corrected chi connectivity index (χ1v) is 30.9. The van der Waals surface area contributed by atoms with Gasteiger partial charge in [-0.05, 0) is 96.1 Å². The van der Waals surface area contributed by atoms with E-state index < -0.39 is 40.2 Å². The van der Waals surface area contributed by atoms with Gasteiger partial charge in [0.15, 0.2) is 0 Å². The molecular formula is C64H66N2O15P2Y2. The Hall–Kier alpha value is -5.29. The number of anilines is 2. The smallest absolute Gasteiger partial charge is 0.296 e. The maximum atomic E-state index is 15.3. The molecule has 12 rings (SSSR count). The van der Waals surface area contributed by atoms with Gasteiger partial charge in [0.1, 0.15) is 84.7 Å². The van der Waals surface area contributed by atoms with Crippen molar-refractivity contribution in [3.05, 3.63) is 205 Å². The van der Waals surface area contributed by atoms with Gasteiger partial charge in [0.25, 0.3) is 14.7 Å². The maximum absolute atomic E-state index is 15.3. The molecule has 17 nitrogen and oxygen atoms in total. The number of hydrogen-bond acceptors (Lipinski definition) is 17. The van der Waals surface area contributed by atoms with E-state index in [1.807, 2.05) is 192 Å². The Kier molecular flexibility index (Phi) is 24.0. The van der Waals surface area contributed by atoms with Crippen molar-refractivity contribution in [2.75, 3.05) is 75.2 Å². The Labute approximate surface area is 544 Å². The van der Waals surface area contributed by atoms with Crippen LogP contribution in [0.2, 0.25) is 0 Å². The van der Waals surface area contributed by atoms with Gasteiger partial charge in [-0.2, -0.15) is 0 Å². The standard InChI is InChI=1S/C58H54N2O11P2.2C3H6O2.2Y/c61-35-45(63)37-67-53-19-7-1-13-41(53)33-59(39-72(65)57-23-11-5-17-51(57)49-15-3-9-21-55(49)70-72)43-25-29-47(30-26-43)69-48-31-27-44(28-32-48)60(34-42-14-2-8-20-54(42)68-38-46(64)36-62)40-73(66)58-24-12-6-18-52(58)50-16-4-10-22-56(50)71-73;2*4-1-3-2-5-3;;/h1-32,45-46,61-64H,33-40H2;2*3-4H,1-2H2;;. The number of fused-ring (bicyclic) bond motifs is 6. The number of rotatable bonds is 22. The Balaban J connectivity index is 0.000000711. The second kappa shape index (κ2) is 31.1. The Morgan fingerprint density at radius 1 is 0.459 bits per heavy atom. The fourth-order valence-corrected chi connectivity index (χ4v) is 14.2. The summed E-state index contributed by atoms with van der Waals surface area (Å²) >= 11 is 0. The molecule has 2 radical (unpaired) electrons. The second-order valence-corrected chi connectivity index (χ2v) is 24.7. The zero-order chi connectivity index (χ0) is 57.8. The molecular weight excluding hydrogens is 1280 g/mol. The largest absolute Gasteiger partial charge is 0.490 e. The number of ether oxygens (including phenoxy) is 5. The Morgan fingerprint density at radius 2 is 0.800 bits per heavy atom. The average Bonchev–Trinajstić information content (AvgIpc) is 3.52. The van der Waals surface area contributed by atoms with Crippen LogP contribution in [0.5, 0.6) is 34.5 Å². The molecule has 21 heteroatoms. The third-order valence-electron chi connectivity index (χ3n) is 13.9. The van der Waals surface area contributed by atoms with Crippen LogP contribution >= 0.6 is 14.7 Å². The minimum absolute atomic E-state index is 0. The first kappa shape index (κ1) is 65.7. The van der Waals surface area contributed by atoms with E-state index in [1.54, 1.807) is 12.1 Å². The van der Waals surface area contributed by atoms with Crippen LogP contribution in [0.15, 0.2) is 194 Å². The summed E-state index contributed by atoms with van der Waals surface area (Å²) in [6.07, 6.45) is -1.71. The molecule has 85 heavy (non-hydrogen) atoms. The minimum Gasteiger partial charge on any atom is -0.490 e. The van der Waals surface area contributed by atoms with Crippen LogP contribution in [-0.2, 0) is 97.1 Å². The fourth-order valence-electron chi connectivity index (χ4n) is 9.43. The molecule has 2 fully saturated rings. The molecule has 0 saturated carbocycles. The van der Waals surface area contributed by atoms with Crippen molar-refractivity contribution in [2.24, 2.45) is 0 Å². The van der Waals surface area contributed by atoms with Crippen molar-refractivity contribution in [1.82, 2.24) is 0 Å². The van der Waals surface area contributed by atoms with Gasteiger partial charge in [-0.3, -0.25) is 9.13 Å². The summed E-state index contributed by atoms with van der Waals surface area (Å²) < 4.78 is 71.2. The van der Waals surface area contributed by atoms with E-state index >= 15 is 9.13 Å². The summed E-state index contributed by atoms with van der Waals surface area (Å²) in [5, 5.41) is 56.6. The SMILES string of the molecule is O=P1(CN(Cc2ccccc2OCC(O)CO)c2ccc(Oc3ccc(N(Cc4ccccc4OCC(O)CO)CP4(=O)Oc5ccccc5-c5ccccc54)cc3)cc2)Oc2ccccc2-c2ccccc21.OCC1CO1.OCC1CO1.[Y].[Y]. The monoisotopic (exact) mass is 1340 g/mol. The van der Waals surface area contributed by atoms with E-state index in [1.165, 1.54) is 0 Å². The topological polar surface area (TPSA) is 233 Å². The zero-order valence-electron chi connectivity index (χ0n) is 46.6. The maximum Gasteiger partial charge on any atom is 0.296 e. The van der Waals surface area contributed by atoms with Crippen LogP contribution in [0.25, 0.3) is 22.3 Å². The van der Waals surface area contributed by atoms with E-state index in [4.69, 9.17) is 33.5 Å². The predicted octanol–water partition coefficient (Wildman–Crippen LogP) is 8.95. The van der Waals surface area contributed by atoms with Crippen molar-refractivity contribution in [1.29, 1.82) is 0 Å². The molecule has 0 bridgehead atoms. The number of para-hydroxylation sites is 4. The average molecular weight is 1340 g/mol. The molecule has 4 aliphatic rings. The first-order valence-electron chi connectivity index (χ1n) is 27.2. The van der Waals surface area contributed by atoms with Gasteiger partial charge in [-0.1, -0.05) is 109 Å². The summed E-state index contributed by atoms with van der Waals surface area (Å²) in [5.41, 5.74) is 6.46.